The molecule has 7 heteroatoms. The Morgan fingerprint density at radius 3 is 2.74 bits per heavy atom. The summed E-state index contributed by atoms with van der Waals surface area (Å²) in [6.07, 6.45) is 0. The first-order chi connectivity index (χ1) is 9.13. The molecule has 1 fully saturated rings. The molecule has 1 aliphatic heterocycles. The molecule has 6 nitrogen and oxygen atoms in total. The Hall–Kier alpha value is -1.21. The van der Waals surface area contributed by atoms with Gasteiger partial charge in [-0.2, -0.15) is 0 Å². The molecule has 19 heavy (non-hydrogen) atoms. The summed E-state index contributed by atoms with van der Waals surface area (Å²) in [5.41, 5.74) is 0.605. The lowest BCUT2D eigenvalue weighted by molar-refractivity contribution is -0.384. The Bertz CT molecular complexity index is 464. The molecule has 1 saturated heterocycles. The summed E-state index contributed by atoms with van der Waals surface area (Å²) < 4.78 is 0. The van der Waals surface area contributed by atoms with E-state index in [9.17, 15) is 15.2 Å². The fourth-order valence-corrected chi connectivity index (χ4v) is 2.49. The van der Waals surface area contributed by atoms with Crippen LogP contribution in [0.25, 0.3) is 0 Å². The lowest BCUT2D eigenvalue weighted by Crippen LogP contribution is -2.46. The van der Waals surface area contributed by atoms with E-state index in [1.807, 2.05) is 0 Å². The number of aliphatic hydroxyl groups excluding tert-OH is 1. The second-order valence-corrected chi connectivity index (χ2v) is 4.86. The van der Waals surface area contributed by atoms with Crippen LogP contribution in [0.4, 0.5) is 5.69 Å². The summed E-state index contributed by atoms with van der Waals surface area (Å²) >= 11 is 5.80. The van der Waals surface area contributed by atoms with E-state index in [1.165, 1.54) is 12.1 Å². The first-order valence-corrected chi connectivity index (χ1v) is 6.50. The Morgan fingerprint density at radius 1 is 1.47 bits per heavy atom. The van der Waals surface area contributed by atoms with Crippen LogP contribution in [0.3, 0.4) is 0 Å². The quantitative estimate of drug-likeness (QED) is 0.642. The largest absolute Gasteiger partial charge is 0.394 e. The van der Waals surface area contributed by atoms with Crippen LogP contribution in [0.15, 0.2) is 18.2 Å². The van der Waals surface area contributed by atoms with Crippen molar-refractivity contribution in [1.29, 1.82) is 0 Å². The van der Waals surface area contributed by atoms with E-state index >= 15 is 0 Å². The van der Waals surface area contributed by atoms with Crippen molar-refractivity contribution in [2.24, 2.45) is 0 Å². The molecule has 1 aromatic carbocycles. The number of rotatable bonds is 4. The number of nitro benzene ring substituents is 1. The molecule has 104 valence electrons. The smallest absolute Gasteiger partial charge is 0.288 e. The van der Waals surface area contributed by atoms with Crippen molar-refractivity contribution in [3.8, 4) is 0 Å². The van der Waals surface area contributed by atoms with E-state index in [0.29, 0.717) is 0 Å². The van der Waals surface area contributed by atoms with E-state index in [-0.39, 0.29) is 23.4 Å². The predicted molar refractivity (Wildman–Crippen MR) is 72.4 cm³/mol. The van der Waals surface area contributed by atoms with Crippen LogP contribution in [0, 0.1) is 10.1 Å². The van der Waals surface area contributed by atoms with Gasteiger partial charge >= 0.3 is 0 Å². The minimum Gasteiger partial charge on any atom is -0.394 e. The van der Waals surface area contributed by atoms with Crippen molar-refractivity contribution in [2.45, 2.75) is 6.04 Å². The number of hydrogen-bond donors (Lipinski definition) is 2. The number of aliphatic hydroxyl groups is 1. The lowest BCUT2D eigenvalue weighted by Gasteiger charge is -2.34. The van der Waals surface area contributed by atoms with Crippen LogP contribution < -0.4 is 5.32 Å². The van der Waals surface area contributed by atoms with Crippen LogP contribution >= 0.6 is 11.6 Å². The highest BCUT2D eigenvalue weighted by atomic mass is 35.5. The molecular formula is C12H16ClN3O3. The van der Waals surface area contributed by atoms with Crippen molar-refractivity contribution in [1.82, 2.24) is 10.2 Å². The predicted octanol–water partition coefficient (Wildman–Crippen LogP) is 1.19. The minimum atomic E-state index is -0.502. The molecule has 1 aromatic rings. The average molecular weight is 286 g/mol. The summed E-state index contributed by atoms with van der Waals surface area (Å²) in [7, 11) is 0. The van der Waals surface area contributed by atoms with Crippen molar-refractivity contribution in [3.63, 3.8) is 0 Å². The fourth-order valence-electron chi connectivity index (χ4n) is 2.30. The van der Waals surface area contributed by atoms with Gasteiger partial charge in [0.15, 0.2) is 0 Å². The van der Waals surface area contributed by atoms with Gasteiger partial charge in [-0.15, -0.1) is 0 Å². The molecule has 0 spiro atoms. The van der Waals surface area contributed by atoms with Crippen LogP contribution in [0.2, 0.25) is 5.02 Å². The van der Waals surface area contributed by atoms with E-state index in [2.05, 4.69) is 10.2 Å². The zero-order valence-corrected chi connectivity index (χ0v) is 11.1. The minimum absolute atomic E-state index is 0.0706. The van der Waals surface area contributed by atoms with Gasteiger partial charge in [0.1, 0.15) is 5.02 Å². The SMILES string of the molecule is O=[N+]([O-])c1cc([C@@H](CO)N2CCNCC2)ccc1Cl. The number of hydrogen-bond acceptors (Lipinski definition) is 5. The molecule has 1 atom stereocenters. The third kappa shape index (κ3) is 3.22. The third-order valence-corrected chi connectivity index (χ3v) is 3.64. The summed E-state index contributed by atoms with van der Waals surface area (Å²) in [6.45, 7) is 3.25. The van der Waals surface area contributed by atoms with Gasteiger partial charge in [-0.3, -0.25) is 15.0 Å². The van der Waals surface area contributed by atoms with E-state index in [1.54, 1.807) is 6.07 Å². The number of nitro groups is 1. The van der Waals surface area contributed by atoms with Crippen molar-refractivity contribution in [3.05, 3.63) is 38.9 Å². The van der Waals surface area contributed by atoms with Gasteiger partial charge in [0.25, 0.3) is 5.69 Å². The fraction of sp³-hybridized carbons (Fsp3) is 0.500. The summed E-state index contributed by atoms with van der Waals surface area (Å²) in [5.74, 6) is 0. The number of halogens is 1. The second kappa shape index (κ2) is 6.29. The highest BCUT2D eigenvalue weighted by Gasteiger charge is 2.24. The normalized spacial score (nSPS) is 18.2. The number of nitrogens with one attached hydrogen (secondary N) is 1. The molecule has 1 heterocycles. The molecule has 1 aliphatic rings. The Kier molecular flexibility index (Phi) is 4.71. The molecule has 0 saturated carbocycles. The van der Waals surface area contributed by atoms with Gasteiger partial charge in [-0.05, 0) is 11.6 Å². The first kappa shape index (κ1) is 14.2. The van der Waals surface area contributed by atoms with E-state index in [0.717, 1.165) is 31.7 Å². The third-order valence-electron chi connectivity index (χ3n) is 3.32. The van der Waals surface area contributed by atoms with E-state index in [4.69, 9.17) is 11.6 Å². The van der Waals surface area contributed by atoms with Crippen molar-refractivity contribution < 1.29 is 10.0 Å². The molecule has 2 N–H and O–H groups in total. The monoisotopic (exact) mass is 285 g/mol. The second-order valence-electron chi connectivity index (χ2n) is 4.45. The molecular weight excluding hydrogens is 270 g/mol. The molecule has 0 aliphatic carbocycles. The van der Waals surface area contributed by atoms with Gasteiger partial charge in [-0.1, -0.05) is 17.7 Å². The van der Waals surface area contributed by atoms with Gasteiger partial charge in [-0.25, -0.2) is 0 Å². The van der Waals surface area contributed by atoms with Crippen LogP contribution in [-0.2, 0) is 0 Å². The molecule has 0 aromatic heterocycles. The van der Waals surface area contributed by atoms with Gasteiger partial charge in [0.2, 0.25) is 0 Å². The summed E-state index contributed by atoms with van der Waals surface area (Å²) in [5, 5.41) is 23.8. The highest BCUT2D eigenvalue weighted by molar-refractivity contribution is 6.32. The molecule has 0 bridgehead atoms. The molecule has 2 rings (SSSR count). The van der Waals surface area contributed by atoms with Crippen LogP contribution in [0.5, 0.6) is 0 Å². The Balaban J connectivity index is 2.27. The maximum absolute atomic E-state index is 10.9. The van der Waals surface area contributed by atoms with Crippen molar-refractivity contribution >= 4 is 17.3 Å². The topological polar surface area (TPSA) is 78.6 Å². The van der Waals surface area contributed by atoms with Gasteiger partial charge in [0.05, 0.1) is 17.6 Å². The Morgan fingerprint density at radius 2 is 2.16 bits per heavy atom. The first-order valence-electron chi connectivity index (χ1n) is 6.13. The molecule has 0 amide bonds. The lowest BCUT2D eigenvalue weighted by atomic mass is 10.0. The maximum Gasteiger partial charge on any atom is 0.288 e. The number of benzene rings is 1. The van der Waals surface area contributed by atoms with Crippen LogP contribution in [-0.4, -0.2) is 47.7 Å². The highest BCUT2D eigenvalue weighted by Crippen LogP contribution is 2.30. The Labute approximate surface area is 116 Å². The average Bonchev–Trinajstić information content (AvgIpc) is 2.42. The zero-order chi connectivity index (χ0) is 13.8. The maximum atomic E-state index is 10.9. The van der Waals surface area contributed by atoms with E-state index < -0.39 is 4.92 Å². The van der Waals surface area contributed by atoms with Gasteiger partial charge in [0, 0.05) is 32.2 Å². The standard InChI is InChI=1S/C12H16ClN3O3/c13-10-2-1-9(7-11(10)16(18)19)12(8-17)15-5-3-14-4-6-15/h1-2,7,12,14,17H,3-6,8H2/t12-/m1/s1. The number of nitrogens with zero attached hydrogens (tertiary/aromatic N) is 2. The van der Waals surface area contributed by atoms with Crippen LogP contribution in [0.1, 0.15) is 11.6 Å². The molecule has 0 unspecified atom stereocenters. The number of piperazine rings is 1. The van der Waals surface area contributed by atoms with Crippen molar-refractivity contribution in [2.75, 3.05) is 32.8 Å². The molecule has 0 radical (unpaired) electrons. The summed E-state index contributed by atoms with van der Waals surface area (Å²) in [4.78, 5) is 12.5. The summed E-state index contributed by atoms with van der Waals surface area (Å²) in [6, 6.07) is 4.47. The zero-order valence-electron chi connectivity index (χ0n) is 10.4. The van der Waals surface area contributed by atoms with Gasteiger partial charge < -0.3 is 10.4 Å².